The molecular formula is C12H16FN3O. The number of anilines is 1. The van der Waals surface area contributed by atoms with Crippen LogP contribution in [0.1, 0.15) is 18.5 Å². The molecule has 5 heteroatoms. The van der Waals surface area contributed by atoms with Gasteiger partial charge in [0.2, 0.25) is 5.91 Å². The Kier molecular flexibility index (Phi) is 3.28. The summed E-state index contributed by atoms with van der Waals surface area (Å²) in [6.07, 6.45) is 0. The number of nitrogens with two attached hydrogens (primary N) is 1. The van der Waals surface area contributed by atoms with Gasteiger partial charge in [-0.25, -0.2) is 4.39 Å². The van der Waals surface area contributed by atoms with E-state index < -0.39 is 0 Å². The summed E-state index contributed by atoms with van der Waals surface area (Å²) >= 11 is 0. The molecule has 92 valence electrons. The average molecular weight is 237 g/mol. The van der Waals surface area contributed by atoms with E-state index >= 15 is 0 Å². The van der Waals surface area contributed by atoms with Crippen LogP contribution < -0.4 is 16.0 Å². The number of carbonyl (C=O) groups excluding carboxylic acids is 1. The van der Waals surface area contributed by atoms with E-state index in [2.05, 4.69) is 5.32 Å². The number of carbonyl (C=O) groups is 1. The van der Waals surface area contributed by atoms with Crippen molar-refractivity contribution >= 4 is 11.6 Å². The quantitative estimate of drug-likeness (QED) is 0.799. The van der Waals surface area contributed by atoms with Gasteiger partial charge in [-0.1, -0.05) is 6.07 Å². The van der Waals surface area contributed by atoms with Crippen molar-refractivity contribution in [2.24, 2.45) is 5.73 Å². The minimum absolute atomic E-state index is 0.0769. The molecule has 1 fully saturated rings. The van der Waals surface area contributed by atoms with E-state index in [1.165, 1.54) is 6.07 Å². The molecule has 17 heavy (non-hydrogen) atoms. The van der Waals surface area contributed by atoms with Gasteiger partial charge < -0.3 is 16.0 Å². The summed E-state index contributed by atoms with van der Waals surface area (Å²) in [4.78, 5) is 13.0. The van der Waals surface area contributed by atoms with Crippen LogP contribution in [0.4, 0.5) is 10.1 Å². The first-order valence-corrected chi connectivity index (χ1v) is 5.64. The standard InChI is InChI=1S/C12H16FN3O/c1-8(14)9-2-3-11(10(13)6-9)16-5-4-15-12(17)7-16/h2-3,6,8H,4-5,7,14H2,1H3,(H,15,17)/t8-/m0/s1. The summed E-state index contributed by atoms with van der Waals surface area (Å²) in [5, 5.41) is 2.71. The number of piperazine rings is 1. The van der Waals surface area contributed by atoms with Crippen molar-refractivity contribution in [1.29, 1.82) is 0 Å². The average Bonchev–Trinajstić information content (AvgIpc) is 2.28. The monoisotopic (exact) mass is 237 g/mol. The highest BCUT2D eigenvalue weighted by Crippen LogP contribution is 2.23. The summed E-state index contributed by atoms with van der Waals surface area (Å²) in [5.41, 5.74) is 6.91. The summed E-state index contributed by atoms with van der Waals surface area (Å²) in [6.45, 7) is 3.19. The lowest BCUT2D eigenvalue weighted by Crippen LogP contribution is -2.48. The molecule has 3 N–H and O–H groups in total. The van der Waals surface area contributed by atoms with Crippen molar-refractivity contribution in [2.45, 2.75) is 13.0 Å². The van der Waals surface area contributed by atoms with Gasteiger partial charge in [-0.3, -0.25) is 4.79 Å². The molecule has 1 saturated heterocycles. The van der Waals surface area contributed by atoms with Crippen molar-refractivity contribution < 1.29 is 9.18 Å². The summed E-state index contributed by atoms with van der Waals surface area (Å²) in [6, 6.07) is 4.73. The molecule has 1 atom stereocenters. The molecule has 1 heterocycles. The molecule has 0 aromatic heterocycles. The zero-order valence-corrected chi connectivity index (χ0v) is 9.74. The van der Waals surface area contributed by atoms with Crippen molar-refractivity contribution in [2.75, 3.05) is 24.5 Å². The predicted octanol–water partition coefficient (Wildman–Crippen LogP) is 0.782. The van der Waals surface area contributed by atoms with E-state index in [4.69, 9.17) is 5.73 Å². The van der Waals surface area contributed by atoms with E-state index in [1.54, 1.807) is 17.0 Å². The highest BCUT2D eigenvalue weighted by Gasteiger charge is 2.19. The number of hydrogen-bond donors (Lipinski definition) is 2. The lowest BCUT2D eigenvalue weighted by atomic mass is 10.1. The van der Waals surface area contributed by atoms with Gasteiger partial charge in [-0.2, -0.15) is 0 Å². The Balaban J connectivity index is 2.23. The third kappa shape index (κ3) is 2.55. The first-order chi connectivity index (χ1) is 8.08. The number of rotatable bonds is 2. The summed E-state index contributed by atoms with van der Waals surface area (Å²) in [7, 11) is 0. The van der Waals surface area contributed by atoms with E-state index in [0.29, 0.717) is 18.8 Å². The molecule has 2 rings (SSSR count). The van der Waals surface area contributed by atoms with Crippen molar-refractivity contribution in [3.63, 3.8) is 0 Å². The van der Waals surface area contributed by atoms with Crippen LogP contribution in [-0.2, 0) is 4.79 Å². The van der Waals surface area contributed by atoms with Crippen LogP contribution in [0.15, 0.2) is 18.2 Å². The number of nitrogens with zero attached hydrogens (tertiary/aromatic N) is 1. The second-order valence-corrected chi connectivity index (χ2v) is 4.27. The Labute approximate surface area is 99.6 Å². The molecule has 1 aliphatic heterocycles. The predicted molar refractivity (Wildman–Crippen MR) is 64.2 cm³/mol. The van der Waals surface area contributed by atoms with E-state index in [0.717, 1.165) is 5.56 Å². The van der Waals surface area contributed by atoms with Crippen molar-refractivity contribution in [1.82, 2.24) is 5.32 Å². The van der Waals surface area contributed by atoms with E-state index in [9.17, 15) is 9.18 Å². The fraction of sp³-hybridized carbons (Fsp3) is 0.417. The van der Waals surface area contributed by atoms with E-state index in [-0.39, 0.29) is 24.3 Å². The second-order valence-electron chi connectivity index (χ2n) is 4.27. The number of hydrogen-bond acceptors (Lipinski definition) is 3. The Morgan fingerprint density at radius 2 is 2.29 bits per heavy atom. The summed E-state index contributed by atoms with van der Waals surface area (Å²) in [5.74, 6) is -0.401. The molecule has 0 bridgehead atoms. The van der Waals surface area contributed by atoms with Crippen LogP contribution in [0.2, 0.25) is 0 Å². The highest BCUT2D eigenvalue weighted by atomic mass is 19.1. The molecule has 0 unspecified atom stereocenters. The Hall–Kier alpha value is -1.62. The lowest BCUT2D eigenvalue weighted by molar-refractivity contribution is -0.120. The molecule has 1 aromatic rings. The molecule has 1 aromatic carbocycles. The van der Waals surface area contributed by atoms with Gasteiger partial charge in [0.25, 0.3) is 0 Å². The smallest absolute Gasteiger partial charge is 0.239 e. The van der Waals surface area contributed by atoms with Gasteiger partial charge in [-0.05, 0) is 24.6 Å². The van der Waals surface area contributed by atoms with Gasteiger partial charge >= 0.3 is 0 Å². The molecule has 1 amide bonds. The Morgan fingerprint density at radius 1 is 1.53 bits per heavy atom. The lowest BCUT2D eigenvalue weighted by Gasteiger charge is -2.29. The number of halogens is 1. The topological polar surface area (TPSA) is 58.4 Å². The Bertz CT molecular complexity index is 434. The maximum atomic E-state index is 13.9. The third-order valence-electron chi connectivity index (χ3n) is 2.88. The second kappa shape index (κ2) is 4.71. The maximum absolute atomic E-state index is 13.9. The third-order valence-corrected chi connectivity index (χ3v) is 2.88. The zero-order valence-electron chi connectivity index (χ0n) is 9.74. The van der Waals surface area contributed by atoms with Crippen LogP contribution in [0.25, 0.3) is 0 Å². The van der Waals surface area contributed by atoms with Crippen LogP contribution in [0, 0.1) is 5.82 Å². The molecule has 0 radical (unpaired) electrons. The Morgan fingerprint density at radius 3 is 2.88 bits per heavy atom. The SMILES string of the molecule is C[C@H](N)c1ccc(N2CCNC(=O)C2)c(F)c1. The molecular weight excluding hydrogens is 221 g/mol. The molecule has 4 nitrogen and oxygen atoms in total. The highest BCUT2D eigenvalue weighted by molar-refractivity contribution is 5.82. The first kappa shape index (κ1) is 11.9. The van der Waals surface area contributed by atoms with E-state index in [1.807, 2.05) is 6.92 Å². The van der Waals surface area contributed by atoms with Crippen LogP contribution in [0.3, 0.4) is 0 Å². The van der Waals surface area contributed by atoms with Gasteiger partial charge in [0.05, 0.1) is 12.2 Å². The van der Waals surface area contributed by atoms with Gasteiger partial charge in [0.1, 0.15) is 5.82 Å². The molecule has 1 aliphatic rings. The fourth-order valence-corrected chi connectivity index (χ4v) is 1.91. The normalized spacial score (nSPS) is 17.8. The largest absolute Gasteiger partial charge is 0.358 e. The fourth-order valence-electron chi connectivity index (χ4n) is 1.91. The summed E-state index contributed by atoms with van der Waals surface area (Å²) < 4.78 is 13.9. The minimum atomic E-state index is -0.325. The molecule has 0 saturated carbocycles. The number of nitrogens with one attached hydrogen (secondary N) is 1. The maximum Gasteiger partial charge on any atom is 0.239 e. The number of amides is 1. The first-order valence-electron chi connectivity index (χ1n) is 5.64. The van der Waals surface area contributed by atoms with Crippen molar-refractivity contribution in [3.05, 3.63) is 29.6 Å². The molecule has 0 aliphatic carbocycles. The van der Waals surface area contributed by atoms with Crippen LogP contribution >= 0.6 is 0 Å². The van der Waals surface area contributed by atoms with Crippen LogP contribution in [-0.4, -0.2) is 25.5 Å². The minimum Gasteiger partial charge on any atom is -0.358 e. The van der Waals surface area contributed by atoms with Gasteiger partial charge in [0.15, 0.2) is 0 Å². The van der Waals surface area contributed by atoms with Gasteiger partial charge in [0, 0.05) is 19.1 Å². The van der Waals surface area contributed by atoms with Crippen molar-refractivity contribution in [3.8, 4) is 0 Å². The molecule has 0 spiro atoms. The van der Waals surface area contributed by atoms with Gasteiger partial charge in [-0.15, -0.1) is 0 Å². The zero-order chi connectivity index (χ0) is 12.4. The number of benzene rings is 1. The van der Waals surface area contributed by atoms with Crippen LogP contribution in [0.5, 0.6) is 0 Å².